The van der Waals surface area contributed by atoms with E-state index < -0.39 is 31.9 Å². The number of hydrogen-bond donors (Lipinski definition) is 0. The highest BCUT2D eigenvalue weighted by Crippen LogP contribution is 2.60. The van der Waals surface area contributed by atoms with Gasteiger partial charge < -0.3 is 18.6 Å². The Labute approximate surface area is 178 Å². The first-order chi connectivity index (χ1) is 14.2. The first-order valence-corrected chi connectivity index (χ1v) is 14.0. The van der Waals surface area contributed by atoms with Crippen LogP contribution in [0.5, 0.6) is 0 Å². The zero-order valence-corrected chi connectivity index (χ0v) is 19.3. The summed E-state index contributed by atoms with van der Waals surface area (Å²) >= 11 is 0. The van der Waals surface area contributed by atoms with Crippen molar-refractivity contribution in [3.63, 3.8) is 0 Å². The molecule has 1 aromatic rings. The fourth-order valence-electron chi connectivity index (χ4n) is 5.30. The minimum absolute atomic E-state index is 0.0453. The summed E-state index contributed by atoms with van der Waals surface area (Å²) in [6, 6.07) is 9.72. The lowest BCUT2D eigenvalue weighted by Crippen LogP contribution is -2.70. The van der Waals surface area contributed by atoms with E-state index >= 15 is 0 Å². The maximum absolute atomic E-state index is 13.8. The van der Waals surface area contributed by atoms with Gasteiger partial charge in [-0.2, -0.15) is 0 Å². The highest BCUT2D eigenvalue weighted by atomic mass is 28.4. The fourth-order valence-corrected chi connectivity index (χ4v) is 6.50. The van der Waals surface area contributed by atoms with Crippen LogP contribution < -0.4 is 0 Å². The van der Waals surface area contributed by atoms with Crippen LogP contribution in [-0.2, 0) is 34.8 Å². The third-order valence-corrected chi connectivity index (χ3v) is 7.31. The Morgan fingerprint density at radius 1 is 1.23 bits per heavy atom. The molecule has 5 rings (SSSR count). The number of rotatable bonds is 6. The molecule has 1 aromatic carbocycles. The van der Waals surface area contributed by atoms with Crippen molar-refractivity contribution in [3.05, 3.63) is 47.2 Å². The lowest BCUT2D eigenvalue weighted by Gasteiger charge is -2.59. The number of esters is 1. The van der Waals surface area contributed by atoms with Crippen LogP contribution in [0.15, 0.2) is 41.7 Å². The van der Waals surface area contributed by atoms with Gasteiger partial charge in [0.15, 0.2) is 8.32 Å². The summed E-state index contributed by atoms with van der Waals surface area (Å²) in [6.45, 7) is 8.90. The molecule has 0 radical (unpaired) electrons. The van der Waals surface area contributed by atoms with E-state index in [1.165, 1.54) is 7.11 Å². The predicted molar refractivity (Wildman–Crippen MR) is 113 cm³/mol. The van der Waals surface area contributed by atoms with E-state index in [4.69, 9.17) is 18.6 Å². The Morgan fingerprint density at radius 2 is 1.93 bits per heavy atom. The summed E-state index contributed by atoms with van der Waals surface area (Å²) in [5.74, 6) is -2.49. The van der Waals surface area contributed by atoms with Crippen LogP contribution in [0.4, 0.5) is 0 Å². The number of carbonyl (C=O) groups excluding carboxylic acids is 2. The number of hydrogen-bond acceptors (Lipinski definition) is 6. The molecule has 0 aromatic heterocycles. The van der Waals surface area contributed by atoms with Gasteiger partial charge in [-0.1, -0.05) is 37.3 Å². The van der Waals surface area contributed by atoms with Gasteiger partial charge >= 0.3 is 5.97 Å². The Balaban J connectivity index is 1.82. The average molecular weight is 431 g/mol. The van der Waals surface area contributed by atoms with Crippen molar-refractivity contribution in [1.29, 1.82) is 0 Å². The van der Waals surface area contributed by atoms with Crippen LogP contribution in [0.3, 0.4) is 0 Å². The number of methoxy groups -OCH3 is 1. The Morgan fingerprint density at radius 3 is 2.57 bits per heavy atom. The zero-order chi connectivity index (χ0) is 21.7. The van der Waals surface area contributed by atoms with Crippen LogP contribution in [0.1, 0.15) is 18.9 Å². The van der Waals surface area contributed by atoms with Crippen molar-refractivity contribution >= 4 is 20.1 Å². The molecular weight excluding hydrogens is 400 g/mol. The first kappa shape index (κ1) is 21.3. The Kier molecular flexibility index (Phi) is 5.41. The minimum Gasteiger partial charge on any atom is -0.492 e. The molecule has 162 valence electrons. The van der Waals surface area contributed by atoms with Crippen molar-refractivity contribution in [2.24, 2.45) is 23.7 Å². The lowest BCUT2D eigenvalue weighted by atomic mass is 9.54. The maximum Gasteiger partial charge on any atom is 0.337 e. The summed E-state index contributed by atoms with van der Waals surface area (Å²) in [6.07, 6.45) is 0.777. The SMILES string of the molecule is COC(=O)C1=C(OCc2ccccc2)[C@H]2C(=O)[C@]3(O[Si](C)(C)C)OCCC([C@H]2C)[C@H]13. The fraction of sp³-hybridized carbons (Fsp3) is 0.565. The molecule has 1 saturated carbocycles. The molecule has 4 aliphatic rings. The molecule has 1 aliphatic heterocycles. The zero-order valence-electron chi connectivity index (χ0n) is 18.3. The molecule has 0 amide bonds. The van der Waals surface area contributed by atoms with E-state index in [0.717, 1.165) is 12.0 Å². The van der Waals surface area contributed by atoms with Gasteiger partial charge in [0.1, 0.15) is 12.4 Å². The summed E-state index contributed by atoms with van der Waals surface area (Å²) in [7, 11) is -0.803. The van der Waals surface area contributed by atoms with Gasteiger partial charge in [-0.05, 0) is 43.5 Å². The van der Waals surface area contributed by atoms with Crippen molar-refractivity contribution in [2.75, 3.05) is 13.7 Å². The van der Waals surface area contributed by atoms with E-state index in [9.17, 15) is 9.59 Å². The van der Waals surface area contributed by atoms with Gasteiger partial charge in [0.2, 0.25) is 11.6 Å². The average Bonchev–Trinajstić information content (AvgIpc) is 2.70. The lowest BCUT2D eigenvalue weighted by molar-refractivity contribution is -0.267. The van der Waals surface area contributed by atoms with Crippen molar-refractivity contribution in [1.82, 2.24) is 0 Å². The summed E-state index contributed by atoms with van der Waals surface area (Å²) < 4.78 is 23.9. The predicted octanol–water partition coefficient (Wildman–Crippen LogP) is 3.68. The van der Waals surface area contributed by atoms with E-state index in [0.29, 0.717) is 17.9 Å². The molecule has 4 bridgehead atoms. The van der Waals surface area contributed by atoms with Crippen LogP contribution in [0.25, 0.3) is 0 Å². The quantitative estimate of drug-likeness (QED) is 0.506. The molecule has 6 nitrogen and oxygen atoms in total. The Bertz CT molecular complexity index is 873. The van der Waals surface area contributed by atoms with Gasteiger partial charge in [-0.3, -0.25) is 4.79 Å². The third kappa shape index (κ3) is 3.33. The largest absolute Gasteiger partial charge is 0.492 e. The van der Waals surface area contributed by atoms with Crippen LogP contribution >= 0.6 is 0 Å². The highest BCUT2D eigenvalue weighted by molar-refractivity contribution is 6.70. The molecule has 5 atom stereocenters. The molecule has 1 unspecified atom stereocenters. The normalized spacial score (nSPS) is 32.9. The first-order valence-electron chi connectivity index (χ1n) is 10.6. The number of benzene rings is 1. The van der Waals surface area contributed by atoms with E-state index in [-0.39, 0.29) is 24.2 Å². The van der Waals surface area contributed by atoms with E-state index in [2.05, 4.69) is 6.92 Å². The summed E-state index contributed by atoms with van der Waals surface area (Å²) in [5.41, 5.74) is 1.39. The molecule has 2 fully saturated rings. The number of carbonyl (C=O) groups is 2. The van der Waals surface area contributed by atoms with Gasteiger partial charge in [-0.25, -0.2) is 4.79 Å². The van der Waals surface area contributed by atoms with Crippen molar-refractivity contribution < 1.29 is 28.2 Å². The molecule has 1 heterocycles. The molecule has 0 N–H and O–H groups in total. The van der Waals surface area contributed by atoms with Crippen LogP contribution in [0.2, 0.25) is 19.6 Å². The molecule has 3 aliphatic carbocycles. The van der Waals surface area contributed by atoms with Crippen molar-refractivity contribution in [3.8, 4) is 0 Å². The highest BCUT2D eigenvalue weighted by Gasteiger charge is 2.70. The maximum atomic E-state index is 13.8. The summed E-state index contributed by atoms with van der Waals surface area (Å²) in [5, 5.41) is 0. The molecule has 30 heavy (non-hydrogen) atoms. The minimum atomic E-state index is -2.16. The molecule has 0 spiro atoms. The van der Waals surface area contributed by atoms with E-state index in [1.54, 1.807) is 0 Å². The molecule has 1 saturated heterocycles. The second-order valence-corrected chi connectivity index (χ2v) is 13.8. The van der Waals surface area contributed by atoms with Gasteiger partial charge in [0.25, 0.3) is 0 Å². The smallest absolute Gasteiger partial charge is 0.337 e. The standard InChI is InChI=1S/C23H30O6Si/c1-14-16-11-12-28-23(29-30(3,4)5)19(16)18(22(25)26-2)20(17(14)21(23)24)27-13-15-9-7-6-8-10-15/h6-10,14,16-17,19H,11-13H2,1-5H3/t14-,16?,17+,19-,23+/m1/s1. The number of allylic oxidation sites excluding steroid dienone is 1. The van der Waals surface area contributed by atoms with Crippen LogP contribution in [0, 0.1) is 23.7 Å². The molecule has 7 heteroatoms. The van der Waals surface area contributed by atoms with Crippen molar-refractivity contribution in [2.45, 2.75) is 45.4 Å². The second kappa shape index (κ2) is 7.62. The van der Waals surface area contributed by atoms with Gasteiger partial charge in [0.05, 0.1) is 31.1 Å². The van der Waals surface area contributed by atoms with Crippen LogP contribution in [-0.4, -0.2) is 39.6 Å². The Hall–Kier alpha value is -1.96. The van der Waals surface area contributed by atoms with Gasteiger partial charge in [-0.15, -0.1) is 0 Å². The number of Topliss-reactive ketones (excluding diaryl/α,β-unsaturated/α-hetero) is 1. The summed E-state index contributed by atoms with van der Waals surface area (Å²) in [4.78, 5) is 26.8. The second-order valence-electron chi connectivity index (χ2n) is 9.41. The topological polar surface area (TPSA) is 71.1 Å². The number of ketones is 1. The third-order valence-electron chi connectivity index (χ3n) is 6.39. The monoisotopic (exact) mass is 430 g/mol. The molecular formula is C23H30O6Si. The van der Waals surface area contributed by atoms with Gasteiger partial charge in [0, 0.05) is 0 Å². The number of ether oxygens (including phenoxy) is 3. The van der Waals surface area contributed by atoms with E-state index in [1.807, 2.05) is 50.0 Å².